The molecule has 0 bridgehead atoms. The molecule has 0 radical (unpaired) electrons. The van der Waals surface area contributed by atoms with Gasteiger partial charge < -0.3 is 15.5 Å². The minimum Gasteiger partial charge on any atom is -0.469 e. The molecule has 17 heavy (non-hydrogen) atoms. The first-order valence-corrected chi connectivity index (χ1v) is 5.69. The van der Waals surface area contributed by atoms with Crippen LogP contribution in [0.15, 0.2) is 41.1 Å². The van der Waals surface area contributed by atoms with Gasteiger partial charge in [-0.1, -0.05) is 12.2 Å². The number of furan rings is 1. The summed E-state index contributed by atoms with van der Waals surface area (Å²) in [6.07, 6.45) is 4.16. The molecule has 2 aromatic rings. The van der Waals surface area contributed by atoms with Gasteiger partial charge in [-0.3, -0.25) is 0 Å². The Morgan fingerprint density at radius 3 is 3.00 bits per heavy atom. The summed E-state index contributed by atoms with van der Waals surface area (Å²) in [5.41, 5.74) is 6.38. The Morgan fingerprint density at radius 1 is 1.41 bits per heavy atom. The Bertz CT molecular complexity index is 496. The number of aromatic nitrogens is 1. The maximum absolute atomic E-state index is 5.61. The molecule has 0 spiro atoms. The summed E-state index contributed by atoms with van der Waals surface area (Å²) in [5.74, 6) is 1.65. The van der Waals surface area contributed by atoms with Gasteiger partial charge in [-0.05, 0) is 24.3 Å². The summed E-state index contributed by atoms with van der Waals surface area (Å²) in [4.78, 5) is 4.56. The van der Waals surface area contributed by atoms with E-state index in [0.717, 1.165) is 24.3 Å². The fraction of sp³-hybridized carbons (Fsp3) is 0.167. The molecule has 0 unspecified atom stereocenters. The van der Waals surface area contributed by atoms with Crippen molar-refractivity contribution in [3.05, 3.63) is 48.0 Å². The average molecular weight is 247 g/mol. The normalized spacial score (nSPS) is 10.1. The molecule has 0 amide bonds. The second-order valence-corrected chi connectivity index (χ2v) is 3.96. The van der Waals surface area contributed by atoms with Crippen LogP contribution >= 0.6 is 12.2 Å². The van der Waals surface area contributed by atoms with Crippen LogP contribution in [0, 0.1) is 0 Å². The van der Waals surface area contributed by atoms with E-state index in [0.29, 0.717) is 10.8 Å². The Labute approximate surface area is 105 Å². The highest BCUT2D eigenvalue weighted by Crippen LogP contribution is 2.11. The lowest BCUT2D eigenvalue weighted by atomic mass is 10.2. The minimum absolute atomic E-state index is 0.346. The monoisotopic (exact) mass is 247 g/mol. The van der Waals surface area contributed by atoms with Gasteiger partial charge in [0.2, 0.25) is 0 Å². The van der Waals surface area contributed by atoms with Gasteiger partial charge in [0, 0.05) is 19.2 Å². The van der Waals surface area contributed by atoms with E-state index in [1.54, 1.807) is 12.5 Å². The first-order chi connectivity index (χ1) is 8.27. The molecule has 0 aromatic carbocycles. The summed E-state index contributed by atoms with van der Waals surface area (Å²) < 4.78 is 5.24. The zero-order valence-electron chi connectivity index (χ0n) is 9.22. The molecule has 0 saturated heterocycles. The summed E-state index contributed by atoms with van der Waals surface area (Å²) in [5, 5.41) is 3.19. The number of nitrogens with zero attached hydrogens (tertiary/aromatic N) is 1. The molecular weight excluding hydrogens is 234 g/mol. The summed E-state index contributed by atoms with van der Waals surface area (Å²) in [6.45, 7) is 0.722. The number of anilines is 1. The first kappa shape index (κ1) is 11.6. The zero-order chi connectivity index (χ0) is 12.1. The lowest BCUT2D eigenvalue weighted by molar-refractivity contribution is 0.513. The van der Waals surface area contributed by atoms with E-state index in [1.165, 1.54) is 0 Å². The van der Waals surface area contributed by atoms with Crippen LogP contribution in [-0.4, -0.2) is 16.5 Å². The number of pyridine rings is 1. The Balaban J connectivity index is 1.97. The third-order valence-corrected chi connectivity index (χ3v) is 2.54. The van der Waals surface area contributed by atoms with Crippen molar-refractivity contribution in [3.63, 3.8) is 0 Å². The molecule has 0 fully saturated rings. The fourth-order valence-corrected chi connectivity index (χ4v) is 1.67. The van der Waals surface area contributed by atoms with E-state index < -0.39 is 0 Å². The molecule has 2 aromatic heterocycles. The maximum Gasteiger partial charge on any atom is 0.136 e. The van der Waals surface area contributed by atoms with Crippen LogP contribution in [0.2, 0.25) is 0 Å². The van der Waals surface area contributed by atoms with Crippen molar-refractivity contribution in [2.75, 3.05) is 11.9 Å². The third-order valence-electron chi connectivity index (χ3n) is 2.32. The van der Waals surface area contributed by atoms with E-state index in [1.807, 2.05) is 24.3 Å². The molecular formula is C12H13N3OS. The largest absolute Gasteiger partial charge is 0.469 e. The average Bonchev–Trinajstić information content (AvgIpc) is 2.82. The van der Waals surface area contributed by atoms with E-state index in [2.05, 4.69) is 10.3 Å². The van der Waals surface area contributed by atoms with Crippen LogP contribution in [0.5, 0.6) is 0 Å². The standard InChI is InChI=1S/C12H13N3OS/c13-11(17)10-4-1-6-14-12(10)15-7-5-9-3-2-8-16-9/h1-4,6,8H,5,7H2,(H2,13,17)(H,14,15). The van der Waals surface area contributed by atoms with Crippen molar-refractivity contribution < 1.29 is 4.42 Å². The van der Waals surface area contributed by atoms with Gasteiger partial charge in [0.15, 0.2) is 0 Å². The lowest BCUT2D eigenvalue weighted by Crippen LogP contribution is -2.15. The van der Waals surface area contributed by atoms with Crippen molar-refractivity contribution in [1.29, 1.82) is 0 Å². The molecule has 5 heteroatoms. The molecule has 0 atom stereocenters. The van der Waals surface area contributed by atoms with Gasteiger partial charge in [0.1, 0.15) is 16.6 Å². The van der Waals surface area contributed by atoms with Gasteiger partial charge >= 0.3 is 0 Å². The molecule has 0 aliphatic heterocycles. The second-order valence-electron chi connectivity index (χ2n) is 3.52. The van der Waals surface area contributed by atoms with Crippen molar-refractivity contribution in [2.45, 2.75) is 6.42 Å². The second kappa shape index (κ2) is 5.45. The fourth-order valence-electron chi connectivity index (χ4n) is 1.50. The smallest absolute Gasteiger partial charge is 0.136 e. The number of nitrogens with one attached hydrogen (secondary N) is 1. The Kier molecular flexibility index (Phi) is 3.72. The molecule has 3 N–H and O–H groups in total. The van der Waals surface area contributed by atoms with Gasteiger partial charge in [-0.2, -0.15) is 0 Å². The minimum atomic E-state index is 0.346. The SMILES string of the molecule is NC(=S)c1cccnc1NCCc1ccco1. The molecule has 2 rings (SSSR count). The van der Waals surface area contributed by atoms with Crippen LogP contribution in [0.3, 0.4) is 0 Å². The van der Waals surface area contributed by atoms with Gasteiger partial charge in [-0.25, -0.2) is 4.98 Å². The van der Waals surface area contributed by atoms with Gasteiger partial charge in [0.05, 0.1) is 11.8 Å². The maximum atomic E-state index is 5.61. The Hall–Kier alpha value is -1.88. The van der Waals surface area contributed by atoms with Crippen LogP contribution in [0.1, 0.15) is 11.3 Å². The molecule has 0 aliphatic carbocycles. The van der Waals surface area contributed by atoms with E-state index in [9.17, 15) is 0 Å². The Morgan fingerprint density at radius 2 is 2.29 bits per heavy atom. The van der Waals surface area contributed by atoms with Crippen molar-refractivity contribution in [1.82, 2.24) is 4.98 Å². The molecule has 0 saturated carbocycles. The third kappa shape index (κ3) is 3.04. The molecule has 88 valence electrons. The van der Waals surface area contributed by atoms with Crippen LogP contribution in [-0.2, 0) is 6.42 Å². The van der Waals surface area contributed by atoms with Gasteiger partial charge in [-0.15, -0.1) is 0 Å². The predicted octanol–water partition coefficient (Wildman–Crippen LogP) is 1.96. The van der Waals surface area contributed by atoms with E-state index >= 15 is 0 Å². The summed E-state index contributed by atoms with van der Waals surface area (Å²) in [6, 6.07) is 7.47. The number of hydrogen-bond donors (Lipinski definition) is 2. The quantitative estimate of drug-likeness (QED) is 0.791. The van der Waals surface area contributed by atoms with Crippen LogP contribution < -0.4 is 11.1 Å². The highest BCUT2D eigenvalue weighted by atomic mass is 32.1. The first-order valence-electron chi connectivity index (χ1n) is 5.28. The highest BCUT2D eigenvalue weighted by molar-refractivity contribution is 7.80. The van der Waals surface area contributed by atoms with E-state index in [-0.39, 0.29) is 0 Å². The highest BCUT2D eigenvalue weighted by Gasteiger charge is 2.05. The topological polar surface area (TPSA) is 64.1 Å². The van der Waals surface area contributed by atoms with E-state index in [4.69, 9.17) is 22.4 Å². The van der Waals surface area contributed by atoms with Crippen molar-refractivity contribution in [2.24, 2.45) is 5.73 Å². The van der Waals surface area contributed by atoms with Crippen molar-refractivity contribution in [3.8, 4) is 0 Å². The van der Waals surface area contributed by atoms with Crippen molar-refractivity contribution >= 4 is 23.0 Å². The predicted molar refractivity (Wildman–Crippen MR) is 71.0 cm³/mol. The van der Waals surface area contributed by atoms with Gasteiger partial charge in [0.25, 0.3) is 0 Å². The number of hydrogen-bond acceptors (Lipinski definition) is 4. The zero-order valence-corrected chi connectivity index (χ0v) is 10.0. The van der Waals surface area contributed by atoms with Crippen LogP contribution in [0.4, 0.5) is 5.82 Å². The number of thiocarbonyl (C=S) groups is 1. The molecule has 2 heterocycles. The summed E-state index contributed by atoms with van der Waals surface area (Å²) in [7, 11) is 0. The number of nitrogens with two attached hydrogens (primary N) is 1. The molecule has 4 nitrogen and oxygen atoms in total. The molecule has 0 aliphatic rings. The lowest BCUT2D eigenvalue weighted by Gasteiger charge is -2.08. The van der Waals surface area contributed by atoms with Crippen LogP contribution in [0.25, 0.3) is 0 Å². The number of rotatable bonds is 5. The summed E-state index contributed by atoms with van der Waals surface area (Å²) >= 11 is 4.96.